The number of rotatable bonds is 5. The monoisotopic (exact) mass is 384 g/mol. The summed E-state index contributed by atoms with van der Waals surface area (Å²) in [5, 5.41) is 5.28. The quantitative estimate of drug-likeness (QED) is 0.709. The number of pyridine rings is 2. The molecule has 8 heteroatoms. The van der Waals surface area contributed by atoms with Crippen LogP contribution in [0.5, 0.6) is 0 Å². The molecule has 2 heterocycles. The molecule has 1 atom stereocenters. The molecule has 0 bridgehead atoms. The van der Waals surface area contributed by atoms with E-state index in [9.17, 15) is 18.4 Å². The van der Waals surface area contributed by atoms with Crippen molar-refractivity contribution < 1.29 is 13.6 Å². The predicted molar refractivity (Wildman–Crippen MR) is 101 cm³/mol. The lowest BCUT2D eigenvalue weighted by Gasteiger charge is -2.20. The number of aryl methyl sites for hydroxylation is 1. The average molecular weight is 384 g/mol. The molecule has 2 aromatic heterocycles. The van der Waals surface area contributed by atoms with Crippen molar-refractivity contribution in [3.8, 4) is 0 Å². The number of urea groups is 1. The van der Waals surface area contributed by atoms with Crippen molar-refractivity contribution in [2.75, 3.05) is 5.32 Å². The van der Waals surface area contributed by atoms with Gasteiger partial charge in [-0.25, -0.2) is 13.6 Å². The van der Waals surface area contributed by atoms with Crippen LogP contribution in [0.2, 0.25) is 0 Å². The van der Waals surface area contributed by atoms with Crippen LogP contribution in [0.25, 0.3) is 0 Å². The maximum absolute atomic E-state index is 14.3. The smallest absolute Gasteiger partial charge is 0.320 e. The zero-order valence-electron chi connectivity index (χ0n) is 15.0. The molecule has 28 heavy (non-hydrogen) atoms. The second-order valence-corrected chi connectivity index (χ2v) is 6.14. The van der Waals surface area contributed by atoms with Gasteiger partial charge in [-0.15, -0.1) is 0 Å². The van der Waals surface area contributed by atoms with Gasteiger partial charge in [-0.2, -0.15) is 0 Å². The highest BCUT2D eigenvalue weighted by atomic mass is 19.1. The van der Waals surface area contributed by atoms with E-state index in [1.54, 1.807) is 31.3 Å². The van der Waals surface area contributed by atoms with Crippen LogP contribution in [0.1, 0.15) is 22.9 Å². The number of hydrogen-bond donors (Lipinski definition) is 2. The van der Waals surface area contributed by atoms with E-state index >= 15 is 0 Å². The fourth-order valence-electron chi connectivity index (χ4n) is 2.69. The number of alkyl halides is 1. The molecule has 1 aromatic carbocycles. The number of nitrogens with one attached hydrogen (secondary N) is 2. The number of carbonyl (C=O) groups excluding carboxylic acids is 1. The van der Waals surface area contributed by atoms with Crippen LogP contribution in [0.4, 0.5) is 19.3 Å². The number of amides is 2. The molecular weight excluding hydrogens is 366 g/mol. The molecule has 0 spiro atoms. The standard InChI is InChI=1S/C20H18F2N4O2/c1-26-12-15(8-9-17(26)27)24-20(28)25-18(19-16(22)3-2-10-23-19)14-6-4-13(11-21)5-7-14/h2-10,12,18H,11H2,1H3,(H2,24,25,28)/t18-/m0/s1. The summed E-state index contributed by atoms with van der Waals surface area (Å²) in [6.07, 6.45) is 2.89. The Hall–Kier alpha value is -3.55. The molecule has 6 nitrogen and oxygen atoms in total. The van der Waals surface area contributed by atoms with E-state index in [1.165, 1.54) is 41.2 Å². The second-order valence-electron chi connectivity index (χ2n) is 6.14. The highest BCUT2D eigenvalue weighted by Crippen LogP contribution is 2.23. The Morgan fingerprint density at radius 2 is 1.93 bits per heavy atom. The van der Waals surface area contributed by atoms with Crippen LogP contribution in [-0.2, 0) is 13.7 Å². The van der Waals surface area contributed by atoms with Gasteiger partial charge in [0.25, 0.3) is 0 Å². The summed E-state index contributed by atoms with van der Waals surface area (Å²) in [6.45, 7) is -0.621. The fourth-order valence-corrected chi connectivity index (χ4v) is 2.69. The summed E-state index contributed by atoms with van der Waals surface area (Å²) < 4.78 is 28.4. The maximum Gasteiger partial charge on any atom is 0.320 e. The van der Waals surface area contributed by atoms with Gasteiger partial charge in [0.15, 0.2) is 0 Å². The highest BCUT2D eigenvalue weighted by molar-refractivity contribution is 5.89. The summed E-state index contributed by atoms with van der Waals surface area (Å²) in [5.74, 6) is -0.579. The highest BCUT2D eigenvalue weighted by Gasteiger charge is 2.21. The number of aromatic nitrogens is 2. The molecule has 0 radical (unpaired) electrons. The maximum atomic E-state index is 14.3. The van der Waals surface area contributed by atoms with Crippen molar-refractivity contribution in [1.29, 1.82) is 0 Å². The number of anilines is 1. The Kier molecular flexibility index (Phi) is 5.78. The zero-order valence-corrected chi connectivity index (χ0v) is 15.0. The van der Waals surface area contributed by atoms with Gasteiger partial charge in [0.05, 0.1) is 5.69 Å². The van der Waals surface area contributed by atoms with Crippen molar-refractivity contribution in [3.05, 3.63) is 93.9 Å². The minimum Gasteiger partial charge on any atom is -0.325 e. The molecule has 2 amide bonds. The van der Waals surface area contributed by atoms with E-state index in [1.807, 2.05) is 0 Å². The van der Waals surface area contributed by atoms with Crippen LogP contribution >= 0.6 is 0 Å². The Balaban J connectivity index is 1.87. The molecule has 0 aliphatic heterocycles. The van der Waals surface area contributed by atoms with Crippen LogP contribution < -0.4 is 16.2 Å². The fraction of sp³-hybridized carbons (Fsp3) is 0.150. The van der Waals surface area contributed by atoms with Crippen LogP contribution in [-0.4, -0.2) is 15.6 Å². The van der Waals surface area contributed by atoms with Gasteiger partial charge in [0, 0.05) is 25.5 Å². The summed E-state index contributed by atoms with van der Waals surface area (Å²) in [6, 6.07) is 10.3. The molecule has 0 aliphatic carbocycles. The minimum absolute atomic E-state index is 0.0334. The Morgan fingerprint density at radius 1 is 1.18 bits per heavy atom. The first-order chi connectivity index (χ1) is 13.5. The lowest BCUT2D eigenvalue weighted by Crippen LogP contribution is -2.34. The summed E-state index contributed by atoms with van der Waals surface area (Å²) in [4.78, 5) is 28.0. The minimum atomic E-state index is -0.887. The number of nitrogens with zero attached hydrogens (tertiary/aromatic N) is 2. The molecule has 2 N–H and O–H groups in total. The normalized spacial score (nSPS) is 11.7. The van der Waals surface area contributed by atoms with Gasteiger partial charge < -0.3 is 15.2 Å². The largest absolute Gasteiger partial charge is 0.325 e. The summed E-state index contributed by atoms with van der Waals surface area (Å²) in [7, 11) is 1.56. The molecule has 144 valence electrons. The third-order valence-corrected chi connectivity index (χ3v) is 4.15. The van der Waals surface area contributed by atoms with E-state index in [2.05, 4.69) is 15.6 Å². The second kappa shape index (κ2) is 8.43. The third kappa shape index (κ3) is 4.40. The lowest BCUT2D eigenvalue weighted by atomic mass is 10.0. The van der Waals surface area contributed by atoms with E-state index in [4.69, 9.17) is 0 Å². The third-order valence-electron chi connectivity index (χ3n) is 4.15. The van der Waals surface area contributed by atoms with Gasteiger partial charge in [0.2, 0.25) is 5.56 Å². The Labute approximate surface area is 159 Å². The van der Waals surface area contributed by atoms with Gasteiger partial charge in [-0.1, -0.05) is 24.3 Å². The molecule has 0 saturated heterocycles. The first kappa shape index (κ1) is 19.2. The van der Waals surface area contributed by atoms with Gasteiger partial charge >= 0.3 is 6.03 Å². The van der Waals surface area contributed by atoms with Crippen LogP contribution in [0.15, 0.2) is 65.7 Å². The van der Waals surface area contributed by atoms with Crippen LogP contribution in [0.3, 0.4) is 0 Å². The topological polar surface area (TPSA) is 76.0 Å². The molecule has 3 rings (SSSR count). The molecule has 0 unspecified atom stereocenters. The first-order valence-corrected chi connectivity index (χ1v) is 8.47. The van der Waals surface area contributed by atoms with Gasteiger partial charge in [-0.3, -0.25) is 9.78 Å². The van der Waals surface area contributed by atoms with Gasteiger partial charge in [-0.05, 0) is 29.3 Å². The van der Waals surface area contributed by atoms with Crippen molar-refractivity contribution in [3.63, 3.8) is 0 Å². The van der Waals surface area contributed by atoms with Crippen molar-refractivity contribution >= 4 is 11.7 Å². The average Bonchev–Trinajstić information content (AvgIpc) is 2.70. The number of halogens is 2. The number of hydrogen-bond acceptors (Lipinski definition) is 3. The SMILES string of the molecule is Cn1cc(NC(=O)N[C@@H](c2ccc(CF)cc2)c2ncccc2F)ccc1=O. The van der Waals surface area contributed by atoms with Crippen molar-refractivity contribution in [1.82, 2.24) is 14.9 Å². The molecule has 0 aliphatic rings. The van der Waals surface area contributed by atoms with E-state index in [0.29, 0.717) is 16.8 Å². The summed E-state index contributed by atoms with van der Waals surface area (Å²) >= 11 is 0. The van der Waals surface area contributed by atoms with Crippen LogP contribution in [0, 0.1) is 5.82 Å². The summed E-state index contributed by atoms with van der Waals surface area (Å²) in [5.41, 5.74) is 1.23. The lowest BCUT2D eigenvalue weighted by molar-refractivity contribution is 0.249. The van der Waals surface area contributed by atoms with Crippen molar-refractivity contribution in [2.45, 2.75) is 12.7 Å². The molecular formula is C20H18F2N4O2. The van der Waals surface area contributed by atoms with E-state index < -0.39 is 24.6 Å². The Morgan fingerprint density at radius 3 is 2.57 bits per heavy atom. The van der Waals surface area contributed by atoms with Crippen molar-refractivity contribution in [2.24, 2.45) is 7.05 Å². The Bertz CT molecular complexity index is 1030. The van der Waals surface area contributed by atoms with Gasteiger partial charge in [0.1, 0.15) is 24.2 Å². The molecule has 3 aromatic rings. The predicted octanol–water partition coefficient (Wildman–Crippen LogP) is 3.30. The zero-order chi connectivity index (χ0) is 20.1. The molecule has 0 saturated carbocycles. The number of carbonyl (C=O) groups is 1. The van der Waals surface area contributed by atoms with E-state index in [0.717, 1.165) is 0 Å². The first-order valence-electron chi connectivity index (χ1n) is 8.47. The number of benzene rings is 1. The van der Waals surface area contributed by atoms with E-state index in [-0.39, 0.29) is 11.3 Å². The molecule has 0 fully saturated rings.